The van der Waals surface area contributed by atoms with Gasteiger partial charge in [0.2, 0.25) is 0 Å². The van der Waals surface area contributed by atoms with E-state index in [4.69, 9.17) is 4.74 Å². The maximum Gasteiger partial charge on any atom is 0.316 e. The Labute approximate surface area is 118 Å². The maximum atomic E-state index is 11.9. The molecular formula is C14H22O4S. The number of aliphatic hydroxyl groups is 1. The molecule has 3 atom stereocenters. The van der Waals surface area contributed by atoms with E-state index in [0.29, 0.717) is 11.7 Å². The van der Waals surface area contributed by atoms with Crippen molar-refractivity contribution in [3.63, 3.8) is 0 Å². The fourth-order valence-electron chi connectivity index (χ4n) is 2.47. The van der Waals surface area contributed by atoms with E-state index < -0.39 is 11.9 Å². The highest BCUT2D eigenvalue weighted by Crippen LogP contribution is 2.34. The van der Waals surface area contributed by atoms with Crippen molar-refractivity contribution in [2.75, 3.05) is 12.4 Å². The van der Waals surface area contributed by atoms with Crippen LogP contribution in [0.1, 0.15) is 33.6 Å². The smallest absolute Gasteiger partial charge is 0.316 e. The van der Waals surface area contributed by atoms with E-state index in [0.717, 1.165) is 18.2 Å². The lowest BCUT2D eigenvalue weighted by molar-refractivity contribution is -0.150. The second-order valence-electron chi connectivity index (χ2n) is 4.73. The van der Waals surface area contributed by atoms with Crippen LogP contribution in [-0.2, 0) is 14.3 Å². The molecule has 108 valence electrons. The van der Waals surface area contributed by atoms with Crippen LogP contribution in [0.4, 0.5) is 0 Å². The molecular weight excluding hydrogens is 264 g/mol. The van der Waals surface area contributed by atoms with Crippen LogP contribution >= 0.6 is 11.8 Å². The zero-order chi connectivity index (χ0) is 14.4. The summed E-state index contributed by atoms with van der Waals surface area (Å²) in [5.74, 6) is -0.538. The van der Waals surface area contributed by atoms with E-state index in [1.807, 2.05) is 0 Å². The molecule has 0 amide bonds. The lowest BCUT2D eigenvalue weighted by Crippen LogP contribution is -2.34. The number of allylic oxidation sites excluding steroid dienone is 1. The molecule has 1 N–H and O–H groups in total. The predicted octanol–water partition coefficient (Wildman–Crippen LogP) is 2.73. The highest BCUT2D eigenvalue weighted by atomic mass is 32.2. The summed E-state index contributed by atoms with van der Waals surface area (Å²) in [5.41, 5.74) is 0. The Balaban J connectivity index is 2.82. The average molecular weight is 286 g/mol. The highest BCUT2D eigenvalue weighted by Gasteiger charge is 2.38. The van der Waals surface area contributed by atoms with Crippen LogP contribution in [-0.4, -0.2) is 34.5 Å². The molecule has 0 aliphatic heterocycles. The minimum absolute atomic E-state index is 0.114. The number of aliphatic hydroxyl groups excluding tert-OH is 1. The van der Waals surface area contributed by atoms with Gasteiger partial charge in [0, 0.05) is 17.7 Å². The normalized spacial score (nSPS) is 24.8. The number of carbonyl (C=O) groups is 2. The van der Waals surface area contributed by atoms with Gasteiger partial charge in [-0.2, -0.15) is 11.8 Å². The molecule has 19 heavy (non-hydrogen) atoms. The third-order valence-electron chi connectivity index (χ3n) is 3.19. The summed E-state index contributed by atoms with van der Waals surface area (Å²) >= 11 is 1.79. The summed E-state index contributed by atoms with van der Waals surface area (Å²) in [5, 5.41) is 10.2. The molecule has 1 aliphatic rings. The van der Waals surface area contributed by atoms with Crippen molar-refractivity contribution in [1.82, 2.24) is 0 Å². The Hall–Kier alpha value is -0.970. The monoisotopic (exact) mass is 286 g/mol. The van der Waals surface area contributed by atoms with E-state index in [1.54, 1.807) is 18.7 Å². The van der Waals surface area contributed by atoms with E-state index in [9.17, 15) is 14.7 Å². The number of ketones is 1. The van der Waals surface area contributed by atoms with Gasteiger partial charge in [-0.15, -0.1) is 0 Å². The molecule has 1 aliphatic carbocycles. The first-order valence-electron chi connectivity index (χ1n) is 6.71. The molecule has 0 radical (unpaired) electrons. The van der Waals surface area contributed by atoms with Gasteiger partial charge in [-0.05, 0) is 25.0 Å². The number of ether oxygens (including phenoxy) is 1. The Kier molecular flexibility index (Phi) is 6.42. The predicted molar refractivity (Wildman–Crippen MR) is 76.2 cm³/mol. The van der Waals surface area contributed by atoms with Gasteiger partial charge >= 0.3 is 5.97 Å². The second-order valence-corrected chi connectivity index (χ2v) is 6.45. The van der Waals surface area contributed by atoms with Gasteiger partial charge in [-0.1, -0.05) is 13.8 Å². The highest BCUT2D eigenvalue weighted by molar-refractivity contribution is 7.99. The first-order valence-corrected chi connectivity index (χ1v) is 7.76. The lowest BCUT2D eigenvalue weighted by atomic mass is 9.79. The summed E-state index contributed by atoms with van der Waals surface area (Å²) in [7, 11) is 0. The van der Waals surface area contributed by atoms with Crippen LogP contribution in [0.15, 0.2) is 11.8 Å². The quantitative estimate of drug-likeness (QED) is 0.761. The molecule has 1 rings (SSSR count). The van der Waals surface area contributed by atoms with Gasteiger partial charge in [0.05, 0.1) is 6.61 Å². The van der Waals surface area contributed by atoms with Crippen molar-refractivity contribution in [1.29, 1.82) is 0 Å². The first-order chi connectivity index (χ1) is 8.99. The van der Waals surface area contributed by atoms with Crippen molar-refractivity contribution in [3.05, 3.63) is 11.8 Å². The number of rotatable bonds is 6. The number of hydrogen-bond donors (Lipinski definition) is 1. The van der Waals surface area contributed by atoms with Crippen molar-refractivity contribution in [3.8, 4) is 0 Å². The fourth-order valence-corrected chi connectivity index (χ4v) is 3.43. The first kappa shape index (κ1) is 16.1. The summed E-state index contributed by atoms with van der Waals surface area (Å²) in [6.45, 7) is 6.17. The molecule has 0 unspecified atom stereocenters. The topological polar surface area (TPSA) is 63.6 Å². The Bertz CT molecular complexity index is 364. The third-order valence-corrected chi connectivity index (χ3v) is 4.28. The van der Waals surface area contributed by atoms with Gasteiger partial charge in [-0.3, -0.25) is 9.59 Å². The second kappa shape index (κ2) is 7.58. The van der Waals surface area contributed by atoms with Crippen LogP contribution in [0.2, 0.25) is 0 Å². The molecule has 0 aromatic rings. The number of esters is 1. The van der Waals surface area contributed by atoms with Crippen LogP contribution in [0.3, 0.4) is 0 Å². The van der Waals surface area contributed by atoms with E-state index >= 15 is 0 Å². The summed E-state index contributed by atoms with van der Waals surface area (Å²) in [6, 6.07) is 0. The van der Waals surface area contributed by atoms with Gasteiger partial charge in [0.25, 0.3) is 0 Å². The Morgan fingerprint density at radius 3 is 2.84 bits per heavy atom. The molecule has 0 fully saturated rings. The summed E-state index contributed by atoms with van der Waals surface area (Å²) in [6.07, 6.45) is 2.20. The van der Waals surface area contributed by atoms with E-state index in [2.05, 4.69) is 13.8 Å². The number of thioether (sulfide) groups is 1. The average Bonchev–Trinajstić information content (AvgIpc) is 2.28. The van der Waals surface area contributed by atoms with E-state index in [-0.39, 0.29) is 24.1 Å². The standard InChI is InChI=1S/C14H22O4S/c1-4-18-14(17)13-10(6-9(3)19-5-2)7-11(15)8-12(13)16/h8-10,13,16H,4-7H2,1-3H3/t9-,10-,13-/m1/s1. The van der Waals surface area contributed by atoms with Crippen molar-refractivity contribution < 1.29 is 19.4 Å². The zero-order valence-electron chi connectivity index (χ0n) is 11.7. The van der Waals surface area contributed by atoms with Gasteiger partial charge in [0.1, 0.15) is 11.7 Å². The number of carbonyl (C=O) groups excluding carboxylic acids is 2. The maximum absolute atomic E-state index is 11.9. The van der Waals surface area contributed by atoms with E-state index in [1.165, 1.54) is 0 Å². The van der Waals surface area contributed by atoms with Crippen molar-refractivity contribution in [2.24, 2.45) is 11.8 Å². The molecule has 5 heteroatoms. The third kappa shape index (κ3) is 4.56. The van der Waals surface area contributed by atoms with Gasteiger partial charge in [-0.25, -0.2) is 0 Å². The van der Waals surface area contributed by atoms with Gasteiger partial charge < -0.3 is 9.84 Å². The molecule has 0 aromatic carbocycles. The van der Waals surface area contributed by atoms with Crippen LogP contribution in [0.25, 0.3) is 0 Å². The number of hydrogen-bond acceptors (Lipinski definition) is 5. The van der Waals surface area contributed by atoms with Crippen molar-refractivity contribution in [2.45, 2.75) is 38.9 Å². The fraction of sp³-hybridized carbons (Fsp3) is 0.714. The van der Waals surface area contributed by atoms with Crippen LogP contribution in [0, 0.1) is 11.8 Å². The molecule has 0 saturated carbocycles. The molecule has 4 nitrogen and oxygen atoms in total. The van der Waals surface area contributed by atoms with Crippen molar-refractivity contribution >= 4 is 23.5 Å². The van der Waals surface area contributed by atoms with Crippen LogP contribution in [0.5, 0.6) is 0 Å². The summed E-state index contributed by atoms with van der Waals surface area (Å²) in [4.78, 5) is 23.5. The van der Waals surface area contributed by atoms with Crippen LogP contribution < -0.4 is 0 Å². The molecule has 0 saturated heterocycles. The van der Waals surface area contributed by atoms with Gasteiger partial charge in [0.15, 0.2) is 5.78 Å². The zero-order valence-corrected chi connectivity index (χ0v) is 12.5. The largest absolute Gasteiger partial charge is 0.511 e. The minimum atomic E-state index is -0.683. The molecule has 0 spiro atoms. The lowest BCUT2D eigenvalue weighted by Gasteiger charge is -2.29. The Morgan fingerprint density at radius 2 is 2.26 bits per heavy atom. The summed E-state index contributed by atoms with van der Waals surface area (Å²) < 4.78 is 5.00. The molecule has 0 bridgehead atoms. The SMILES string of the molecule is CCOC(=O)[C@H]1C(O)=CC(=O)C[C@H]1C[C@@H](C)SCC. The minimum Gasteiger partial charge on any atom is -0.511 e. The molecule has 0 aromatic heterocycles. The Morgan fingerprint density at radius 1 is 1.58 bits per heavy atom. The molecule has 0 heterocycles.